The molecule has 122 valence electrons. The smallest absolute Gasteiger partial charge is 0.260 e. The van der Waals surface area contributed by atoms with Crippen molar-refractivity contribution in [3.8, 4) is 11.6 Å². The first-order valence-corrected chi connectivity index (χ1v) is 7.38. The molecule has 1 amide bonds. The maximum atomic E-state index is 12.4. The van der Waals surface area contributed by atoms with Crippen LogP contribution in [0.2, 0.25) is 0 Å². The molecule has 0 aliphatic heterocycles. The highest BCUT2D eigenvalue weighted by Gasteiger charge is 2.13. The molecule has 0 radical (unpaired) electrons. The van der Waals surface area contributed by atoms with E-state index in [0.717, 1.165) is 11.4 Å². The van der Waals surface area contributed by atoms with Gasteiger partial charge in [-0.05, 0) is 32.0 Å². The van der Waals surface area contributed by atoms with E-state index in [9.17, 15) is 4.79 Å². The number of hydrogen-bond donors (Lipinski definition) is 1. The molecule has 24 heavy (non-hydrogen) atoms. The van der Waals surface area contributed by atoms with Crippen molar-refractivity contribution in [3.05, 3.63) is 59.7 Å². The SMILES string of the molecule is COc1ccccc1C(=O)Nc1cc(-n2nc(C)cc2C)ncn1. The van der Waals surface area contributed by atoms with Gasteiger partial charge in [0.2, 0.25) is 0 Å². The van der Waals surface area contributed by atoms with Gasteiger partial charge in [0.1, 0.15) is 17.9 Å². The zero-order valence-electron chi connectivity index (χ0n) is 13.6. The van der Waals surface area contributed by atoms with Crippen LogP contribution >= 0.6 is 0 Å². The summed E-state index contributed by atoms with van der Waals surface area (Å²) in [7, 11) is 1.53. The summed E-state index contributed by atoms with van der Waals surface area (Å²) in [5.74, 6) is 1.18. The first kappa shape index (κ1) is 15.7. The predicted octanol–water partition coefficient (Wildman–Crippen LogP) is 2.54. The molecule has 0 spiro atoms. The van der Waals surface area contributed by atoms with Crippen molar-refractivity contribution in [1.29, 1.82) is 0 Å². The van der Waals surface area contributed by atoms with Crippen LogP contribution in [0.1, 0.15) is 21.7 Å². The van der Waals surface area contributed by atoms with Crippen LogP contribution in [0.4, 0.5) is 5.82 Å². The van der Waals surface area contributed by atoms with Crippen LogP contribution < -0.4 is 10.1 Å². The summed E-state index contributed by atoms with van der Waals surface area (Å²) in [6, 6.07) is 10.6. The van der Waals surface area contributed by atoms with Crippen molar-refractivity contribution in [2.75, 3.05) is 12.4 Å². The fourth-order valence-electron chi connectivity index (χ4n) is 2.41. The second kappa shape index (κ2) is 6.49. The fourth-order valence-corrected chi connectivity index (χ4v) is 2.41. The molecule has 1 aromatic carbocycles. The Morgan fingerprint density at radius 2 is 1.96 bits per heavy atom. The summed E-state index contributed by atoms with van der Waals surface area (Å²) in [6.07, 6.45) is 1.39. The lowest BCUT2D eigenvalue weighted by molar-refractivity contribution is 0.102. The number of anilines is 1. The number of ether oxygens (including phenoxy) is 1. The molecule has 1 N–H and O–H groups in total. The molecule has 3 rings (SSSR count). The number of rotatable bonds is 4. The number of benzene rings is 1. The average Bonchev–Trinajstić information content (AvgIpc) is 2.93. The molecule has 0 saturated carbocycles. The molecule has 7 nitrogen and oxygen atoms in total. The first-order valence-electron chi connectivity index (χ1n) is 7.38. The Balaban J connectivity index is 1.87. The van der Waals surface area contributed by atoms with Gasteiger partial charge in [0.05, 0.1) is 18.4 Å². The van der Waals surface area contributed by atoms with Crippen LogP contribution in [0.15, 0.2) is 42.7 Å². The van der Waals surface area contributed by atoms with E-state index < -0.39 is 0 Å². The van der Waals surface area contributed by atoms with Gasteiger partial charge in [0.15, 0.2) is 5.82 Å². The lowest BCUT2D eigenvalue weighted by Gasteiger charge is -2.09. The Kier molecular flexibility index (Phi) is 4.24. The maximum absolute atomic E-state index is 12.4. The van der Waals surface area contributed by atoms with Crippen LogP contribution in [0, 0.1) is 13.8 Å². The summed E-state index contributed by atoms with van der Waals surface area (Å²) in [4.78, 5) is 20.7. The van der Waals surface area contributed by atoms with Gasteiger partial charge in [-0.25, -0.2) is 14.6 Å². The Labute approximate surface area is 139 Å². The van der Waals surface area contributed by atoms with Crippen LogP contribution in [0.3, 0.4) is 0 Å². The molecule has 0 aliphatic rings. The van der Waals surface area contributed by atoms with Crippen molar-refractivity contribution in [3.63, 3.8) is 0 Å². The monoisotopic (exact) mass is 323 g/mol. The third-order valence-corrected chi connectivity index (χ3v) is 3.47. The molecule has 2 heterocycles. The Bertz CT molecular complexity index is 888. The van der Waals surface area contributed by atoms with E-state index in [1.54, 1.807) is 35.0 Å². The van der Waals surface area contributed by atoms with E-state index in [1.807, 2.05) is 19.9 Å². The topological polar surface area (TPSA) is 81.9 Å². The molecular formula is C17H17N5O2. The van der Waals surface area contributed by atoms with Gasteiger partial charge < -0.3 is 10.1 Å². The molecule has 0 fully saturated rings. The number of carbonyl (C=O) groups excluding carboxylic acids is 1. The number of aryl methyl sites for hydroxylation is 2. The van der Waals surface area contributed by atoms with E-state index in [4.69, 9.17) is 4.74 Å². The molecule has 0 saturated heterocycles. The second-order valence-corrected chi connectivity index (χ2v) is 5.25. The van der Waals surface area contributed by atoms with Gasteiger partial charge in [-0.2, -0.15) is 5.10 Å². The van der Waals surface area contributed by atoms with Crippen molar-refractivity contribution >= 4 is 11.7 Å². The zero-order valence-corrected chi connectivity index (χ0v) is 13.6. The summed E-state index contributed by atoms with van der Waals surface area (Å²) in [5.41, 5.74) is 2.28. The Morgan fingerprint density at radius 3 is 2.67 bits per heavy atom. The van der Waals surface area contributed by atoms with Gasteiger partial charge >= 0.3 is 0 Å². The van der Waals surface area contributed by atoms with E-state index in [0.29, 0.717) is 22.9 Å². The summed E-state index contributed by atoms with van der Waals surface area (Å²) in [5, 5.41) is 7.14. The molecule has 7 heteroatoms. The van der Waals surface area contributed by atoms with Crippen LogP contribution in [-0.4, -0.2) is 32.8 Å². The minimum absolute atomic E-state index is 0.300. The van der Waals surface area contributed by atoms with Crippen molar-refractivity contribution in [2.24, 2.45) is 0 Å². The number of nitrogens with one attached hydrogen (secondary N) is 1. The van der Waals surface area contributed by atoms with Gasteiger partial charge in [-0.15, -0.1) is 0 Å². The number of hydrogen-bond acceptors (Lipinski definition) is 5. The number of methoxy groups -OCH3 is 1. The highest BCUT2D eigenvalue weighted by Crippen LogP contribution is 2.19. The first-order chi connectivity index (χ1) is 11.6. The number of aromatic nitrogens is 4. The number of carbonyl (C=O) groups is 1. The lowest BCUT2D eigenvalue weighted by Crippen LogP contribution is -2.15. The summed E-state index contributed by atoms with van der Waals surface area (Å²) >= 11 is 0. The predicted molar refractivity (Wildman–Crippen MR) is 89.6 cm³/mol. The molecule has 0 bridgehead atoms. The standard InChI is InChI=1S/C17H17N5O2/c1-11-8-12(2)22(21-11)16-9-15(18-10-19-16)20-17(23)13-6-4-5-7-14(13)24-3/h4-10H,1-3H3,(H,18,19,20,23). The van der Waals surface area contributed by atoms with E-state index in [1.165, 1.54) is 13.4 Å². The van der Waals surface area contributed by atoms with E-state index in [2.05, 4.69) is 20.4 Å². The Hall–Kier alpha value is -3.22. The Morgan fingerprint density at radius 1 is 1.17 bits per heavy atom. The normalized spacial score (nSPS) is 10.5. The van der Waals surface area contributed by atoms with Gasteiger partial charge in [0.25, 0.3) is 5.91 Å². The van der Waals surface area contributed by atoms with Gasteiger partial charge in [-0.1, -0.05) is 12.1 Å². The largest absolute Gasteiger partial charge is 0.496 e. The number of para-hydroxylation sites is 1. The minimum Gasteiger partial charge on any atom is -0.496 e. The molecule has 3 aromatic rings. The molecular weight excluding hydrogens is 306 g/mol. The molecule has 0 aliphatic carbocycles. The van der Waals surface area contributed by atoms with Crippen LogP contribution in [-0.2, 0) is 0 Å². The summed E-state index contributed by atoms with van der Waals surface area (Å²) < 4.78 is 6.91. The van der Waals surface area contributed by atoms with Gasteiger partial charge in [0, 0.05) is 11.8 Å². The lowest BCUT2D eigenvalue weighted by atomic mass is 10.2. The van der Waals surface area contributed by atoms with Crippen LogP contribution in [0.5, 0.6) is 5.75 Å². The van der Waals surface area contributed by atoms with Crippen molar-refractivity contribution < 1.29 is 9.53 Å². The van der Waals surface area contributed by atoms with Gasteiger partial charge in [-0.3, -0.25) is 4.79 Å². The number of amides is 1. The van der Waals surface area contributed by atoms with Crippen molar-refractivity contribution in [1.82, 2.24) is 19.7 Å². The average molecular weight is 323 g/mol. The van der Waals surface area contributed by atoms with E-state index >= 15 is 0 Å². The molecule has 0 unspecified atom stereocenters. The van der Waals surface area contributed by atoms with Crippen LogP contribution in [0.25, 0.3) is 5.82 Å². The highest BCUT2D eigenvalue weighted by atomic mass is 16.5. The third-order valence-electron chi connectivity index (χ3n) is 3.47. The van der Waals surface area contributed by atoms with Crippen molar-refractivity contribution in [2.45, 2.75) is 13.8 Å². The second-order valence-electron chi connectivity index (χ2n) is 5.25. The minimum atomic E-state index is -0.300. The number of nitrogens with zero attached hydrogens (tertiary/aromatic N) is 4. The van der Waals surface area contributed by atoms with E-state index in [-0.39, 0.29) is 5.91 Å². The highest BCUT2D eigenvalue weighted by molar-refractivity contribution is 6.05. The molecule has 2 aromatic heterocycles. The maximum Gasteiger partial charge on any atom is 0.260 e. The summed E-state index contributed by atoms with van der Waals surface area (Å²) in [6.45, 7) is 3.85. The zero-order chi connectivity index (χ0) is 17.1. The quantitative estimate of drug-likeness (QED) is 0.798. The molecule has 0 atom stereocenters. The fraction of sp³-hybridized carbons (Fsp3) is 0.176. The third kappa shape index (κ3) is 3.10.